The average molecular weight is 219 g/mol. The maximum atomic E-state index is 5.86. The lowest BCUT2D eigenvalue weighted by molar-refractivity contribution is 0.240. The van der Waals surface area contributed by atoms with Crippen LogP contribution in [0.5, 0.6) is 5.75 Å². The van der Waals surface area contributed by atoms with Crippen LogP contribution in [0, 0.1) is 13.8 Å². The zero-order valence-corrected chi connectivity index (χ0v) is 10.6. The maximum Gasteiger partial charge on any atom is 0.130 e. The van der Waals surface area contributed by atoms with Gasteiger partial charge in [-0.3, -0.25) is 0 Å². The Kier molecular flexibility index (Phi) is 4.56. The molecule has 0 spiro atoms. The monoisotopic (exact) mass is 219 g/mol. The third kappa shape index (κ3) is 3.11. The van der Waals surface area contributed by atoms with E-state index in [1.807, 2.05) is 26.0 Å². The van der Waals surface area contributed by atoms with E-state index in [4.69, 9.17) is 10.5 Å². The minimum atomic E-state index is 0.186. The van der Waals surface area contributed by atoms with Crippen LogP contribution in [-0.2, 0) is 0 Å². The molecule has 0 unspecified atom stereocenters. The van der Waals surface area contributed by atoms with E-state index in [1.165, 1.54) is 11.1 Å². The molecule has 16 heavy (non-hydrogen) atoms. The van der Waals surface area contributed by atoms with Gasteiger partial charge in [0.2, 0.25) is 0 Å². The number of hydrogen-bond donors (Lipinski definition) is 1. The Morgan fingerprint density at radius 3 is 2.56 bits per heavy atom. The number of aryl methyl sites for hydroxylation is 1. The minimum Gasteiger partial charge on any atom is -0.490 e. The summed E-state index contributed by atoms with van der Waals surface area (Å²) in [6.07, 6.45) is 4.15. The minimum absolute atomic E-state index is 0.186. The molecule has 2 nitrogen and oxygen atoms in total. The van der Waals surface area contributed by atoms with Crippen LogP contribution >= 0.6 is 0 Å². The lowest BCUT2D eigenvalue weighted by Crippen LogP contribution is -2.08. The first-order chi connectivity index (χ1) is 7.56. The van der Waals surface area contributed by atoms with Crippen molar-refractivity contribution in [3.63, 3.8) is 0 Å². The van der Waals surface area contributed by atoms with Gasteiger partial charge in [0, 0.05) is 12.1 Å². The quantitative estimate of drug-likeness (QED) is 0.844. The first-order valence-corrected chi connectivity index (χ1v) is 5.69. The van der Waals surface area contributed by atoms with Gasteiger partial charge in [-0.2, -0.15) is 0 Å². The molecule has 0 aliphatic heterocycles. The molecular weight excluding hydrogens is 198 g/mol. The van der Waals surface area contributed by atoms with Gasteiger partial charge in [0.05, 0.1) is 6.10 Å². The molecule has 0 aromatic heterocycles. The highest BCUT2D eigenvalue weighted by Crippen LogP contribution is 2.28. The van der Waals surface area contributed by atoms with Crippen LogP contribution in [0.4, 0.5) is 0 Å². The summed E-state index contributed by atoms with van der Waals surface area (Å²) in [7, 11) is 0. The van der Waals surface area contributed by atoms with Gasteiger partial charge in [-0.25, -0.2) is 0 Å². The molecule has 0 bridgehead atoms. The molecule has 1 aromatic carbocycles. The summed E-state index contributed by atoms with van der Waals surface area (Å²) in [5, 5.41) is 0. The van der Waals surface area contributed by atoms with Crippen LogP contribution in [0.3, 0.4) is 0 Å². The fourth-order valence-corrected chi connectivity index (χ4v) is 1.53. The zero-order valence-electron chi connectivity index (χ0n) is 10.6. The lowest BCUT2D eigenvalue weighted by Gasteiger charge is -2.16. The van der Waals surface area contributed by atoms with Crippen LogP contribution in [0.25, 0.3) is 6.08 Å². The Labute approximate surface area is 98.1 Å². The van der Waals surface area contributed by atoms with Crippen LogP contribution in [0.2, 0.25) is 0 Å². The molecule has 1 rings (SSSR count). The van der Waals surface area contributed by atoms with Crippen LogP contribution in [-0.4, -0.2) is 12.6 Å². The van der Waals surface area contributed by atoms with E-state index in [1.54, 1.807) is 0 Å². The highest BCUT2D eigenvalue weighted by molar-refractivity contribution is 5.61. The number of ether oxygens (including phenoxy) is 1. The molecular formula is C14H21NO. The normalized spacial score (nSPS) is 11.4. The summed E-state index contributed by atoms with van der Waals surface area (Å²) in [6.45, 7) is 8.82. The fourth-order valence-electron chi connectivity index (χ4n) is 1.53. The first kappa shape index (κ1) is 12.8. The standard InChI is InChI=1S/C14H21NO/c1-10(2)16-14-12(4)11(3)7-8-13(14)6-5-9-15/h5-8,10H,9,15H2,1-4H3/b6-5+. The molecule has 2 N–H and O–H groups in total. The van der Waals surface area contributed by atoms with E-state index < -0.39 is 0 Å². The fraction of sp³-hybridized carbons (Fsp3) is 0.429. The molecule has 0 fully saturated rings. The Balaban J connectivity index is 3.16. The summed E-state index contributed by atoms with van der Waals surface area (Å²) >= 11 is 0. The van der Waals surface area contributed by atoms with Crippen LogP contribution in [0.1, 0.15) is 30.5 Å². The Morgan fingerprint density at radius 2 is 2.00 bits per heavy atom. The highest BCUT2D eigenvalue weighted by atomic mass is 16.5. The molecule has 0 radical (unpaired) electrons. The molecule has 1 aromatic rings. The van der Waals surface area contributed by atoms with E-state index >= 15 is 0 Å². The molecule has 0 aliphatic carbocycles. The van der Waals surface area contributed by atoms with E-state index in [0.29, 0.717) is 6.54 Å². The van der Waals surface area contributed by atoms with Crippen molar-refractivity contribution in [2.24, 2.45) is 5.73 Å². The van der Waals surface area contributed by atoms with E-state index in [2.05, 4.69) is 26.0 Å². The molecule has 0 aliphatic rings. The van der Waals surface area contributed by atoms with E-state index in [0.717, 1.165) is 11.3 Å². The molecule has 88 valence electrons. The van der Waals surface area contributed by atoms with Crippen molar-refractivity contribution in [1.82, 2.24) is 0 Å². The van der Waals surface area contributed by atoms with Gasteiger partial charge in [-0.05, 0) is 38.8 Å². The molecule has 2 heteroatoms. The number of hydrogen-bond acceptors (Lipinski definition) is 2. The van der Waals surface area contributed by atoms with Gasteiger partial charge in [-0.1, -0.05) is 24.3 Å². The Hall–Kier alpha value is -1.28. The van der Waals surface area contributed by atoms with Crippen LogP contribution < -0.4 is 10.5 Å². The topological polar surface area (TPSA) is 35.2 Å². The van der Waals surface area contributed by atoms with Gasteiger partial charge >= 0.3 is 0 Å². The van der Waals surface area contributed by atoms with Crippen molar-refractivity contribution < 1.29 is 4.74 Å². The second-order valence-corrected chi connectivity index (χ2v) is 4.23. The summed E-state index contributed by atoms with van der Waals surface area (Å²) in [5.41, 5.74) is 9.02. The number of nitrogens with two attached hydrogens (primary N) is 1. The number of rotatable bonds is 4. The Bertz CT molecular complexity index is 381. The van der Waals surface area contributed by atoms with Gasteiger partial charge < -0.3 is 10.5 Å². The third-order valence-electron chi connectivity index (χ3n) is 2.49. The van der Waals surface area contributed by atoms with Crippen LogP contribution in [0.15, 0.2) is 18.2 Å². The molecule has 0 atom stereocenters. The zero-order chi connectivity index (χ0) is 12.1. The van der Waals surface area contributed by atoms with Gasteiger partial charge in [0.15, 0.2) is 0 Å². The summed E-state index contributed by atoms with van der Waals surface area (Å²) < 4.78 is 5.86. The van der Waals surface area contributed by atoms with Crippen molar-refractivity contribution >= 4 is 6.08 Å². The van der Waals surface area contributed by atoms with Crippen molar-refractivity contribution in [1.29, 1.82) is 0 Å². The predicted octanol–water partition coefficient (Wildman–Crippen LogP) is 3.06. The van der Waals surface area contributed by atoms with Crippen molar-refractivity contribution in [3.8, 4) is 5.75 Å². The second kappa shape index (κ2) is 5.71. The third-order valence-corrected chi connectivity index (χ3v) is 2.49. The number of benzene rings is 1. The average Bonchev–Trinajstić information content (AvgIpc) is 2.23. The van der Waals surface area contributed by atoms with Crippen molar-refractivity contribution in [3.05, 3.63) is 34.9 Å². The smallest absolute Gasteiger partial charge is 0.130 e. The van der Waals surface area contributed by atoms with Gasteiger partial charge in [-0.15, -0.1) is 0 Å². The van der Waals surface area contributed by atoms with Gasteiger partial charge in [0.1, 0.15) is 5.75 Å². The van der Waals surface area contributed by atoms with Crippen molar-refractivity contribution in [2.75, 3.05) is 6.54 Å². The summed E-state index contributed by atoms with van der Waals surface area (Å²) in [6, 6.07) is 4.19. The molecule has 0 amide bonds. The first-order valence-electron chi connectivity index (χ1n) is 5.69. The largest absolute Gasteiger partial charge is 0.490 e. The highest BCUT2D eigenvalue weighted by Gasteiger charge is 2.08. The summed E-state index contributed by atoms with van der Waals surface area (Å²) in [5.74, 6) is 0.972. The molecule has 0 heterocycles. The maximum absolute atomic E-state index is 5.86. The van der Waals surface area contributed by atoms with E-state index in [9.17, 15) is 0 Å². The van der Waals surface area contributed by atoms with Gasteiger partial charge in [0.25, 0.3) is 0 Å². The van der Waals surface area contributed by atoms with E-state index in [-0.39, 0.29) is 6.10 Å². The Morgan fingerprint density at radius 1 is 1.31 bits per heavy atom. The predicted molar refractivity (Wildman–Crippen MR) is 69.8 cm³/mol. The molecule has 0 saturated carbocycles. The SMILES string of the molecule is Cc1ccc(/C=C/CN)c(OC(C)C)c1C. The summed E-state index contributed by atoms with van der Waals surface area (Å²) in [4.78, 5) is 0. The lowest BCUT2D eigenvalue weighted by atomic mass is 10.0. The molecule has 0 saturated heterocycles. The second-order valence-electron chi connectivity index (χ2n) is 4.23. The van der Waals surface area contributed by atoms with Crippen molar-refractivity contribution in [2.45, 2.75) is 33.8 Å².